The molecule has 3 N–H and O–H groups in total. The molecule has 1 aliphatic carbocycles. The number of hydrogen-bond donors (Lipinski definition) is 2. The van der Waals surface area contributed by atoms with Gasteiger partial charge in [0.1, 0.15) is 0 Å². The molecule has 0 spiro atoms. The van der Waals surface area contributed by atoms with Crippen LogP contribution in [0, 0.1) is 0 Å². The van der Waals surface area contributed by atoms with Gasteiger partial charge in [-0.25, -0.2) is 4.99 Å². The second-order valence-electron chi connectivity index (χ2n) is 6.62. The van der Waals surface area contributed by atoms with Gasteiger partial charge in [0.2, 0.25) is 0 Å². The molecule has 1 heterocycles. The van der Waals surface area contributed by atoms with Gasteiger partial charge in [-0.2, -0.15) is 0 Å². The summed E-state index contributed by atoms with van der Waals surface area (Å²) in [5.74, 6) is 0.381. The second-order valence-corrected chi connectivity index (χ2v) is 6.62. The monoisotopic (exact) mass is 338 g/mol. The maximum atomic E-state index is 6.19. The first kappa shape index (κ1) is 14.9. The number of aromatic nitrogens is 1. The molecule has 4 nitrogen and oxygen atoms in total. The van der Waals surface area contributed by atoms with Crippen LogP contribution in [0.15, 0.2) is 71.9 Å². The molecule has 5 rings (SSSR count). The Bertz CT molecular complexity index is 1170. The Hall–Kier alpha value is -3.40. The van der Waals surface area contributed by atoms with E-state index in [0.29, 0.717) is 5.96 Å². The average Bonchev–Trinajstić information content (AvgIpc) is 3.09. The number of pyridine rings is 1. The van der Waals surface area contributed by atoms with Gasteiger partial charge in [-0.15, -0.1) is 0 Å². The Morgan fingerprint density at radius 1 is 0.962 bits per heavy atom. The Morgan fingerprint density at radius 2 is 1.85 bits per heavy atom. The lowest BCUT2D eigenvalue weighted by atomic mass is 10.0. The van der Waals surface area contributed by atoms with Crippen LogP contribution in [-0.2, 0) is 12.8 Å². The maximum absolute atomic E-state index is 6.19. The largest absolute Gasteiger partial charge is 0.369 e. The predicted molar refractivity (Wildman–Crippen MR) is 108 cm³/mol. The van der Waals surface area contributed by atoms with E-state index in [4.69, 9.17) is 5.73 Å². The molecule has 126 valence electrons. The Kier molecular flexibility index (Phi) is 3.35. The zero-order valence-corrected chi connectivity index (χ0v) is 14.2. The second kappa shape index (κ2) is 5.85. The molecule has 4 heteroatoms. The molecule has 0 aliphatic heterocycles. The zero-order valence-electron chi connectivity index (χ0n) is 14.2. The van der Waals surface area contributed by atoms with Crippen LogP contribution in [0.25, 0.3) is 21.7 Å². The van der Waals surface area contributed by atoms with Crippen LogP contribution in [0.1, 0.15) is 11.1 Å². The van der Waals surface area contributed by atoms with E-state index < -0.39 is 0 Å². The van der Waals surface area contributed by atoms with Crippen molar-refractivity contribution in [1.29, 1.82) is 0 Å². The Labute approximate surface area is 151 Å². The number of hydrogen-bond acceptors (Lipinski definition) is 2. The van der Waals surface area contributed by atoms with Gasteiger partial charge in [0, 0.05) is 22.7 Å². The summed E-state index contributed by atoms with van der Waals surface area (Å²) in [5.41, 5.74) is 11.8. The van der Waals surface area contributed by atoms with E-state index in [0.717, 1.165) is 35.1 Å². The molecule has 4 aromatic rings. The summed E-state index contributed by atoms with van der Waals surface area (Å²) in [7, 11) is 0. The number of guanidine groups is 1. The van der Waals surface area contributed by atoms with E-state index in [2.05, 4.69) is 45.6 Å². The molecule has 0 atom stereocenters. The highest BCUT2D eigenvalue weighted by Gasteiger charge is 2.15. The number of rotatable bonds is 2. The molecular formula is C22H18N4. The molecule has 3 aromatic carbocycles. The fraction of sp³-hybridized carbons (Fsp3) is 0.0909. The number of aliphatic imine (C=N–C) groups is 1. The standard InChI is InChI=1S/C22H18N4/c23-22(25-17-9-11-19-16(13-17)4-2-12-24-19)26-20-10-8-15-7-6-14-3-1-5-18(20)21(14)15/h1-5,8-13H,6-7H2,(H3,23,25,26). The Morgan fingerprint density at radius 3 is 2.77 bits per heavy atom. The van der Waals surface area contributed by atoms with Crippen molar-refractivity contribution in [1.82, 2.24) is 4.98 Å². The minimum Gasteiger partial charge on any atom is -0.369 e. The third kappa shape index (κ3) is 2.47. The highest BCUT2D eigenvalue weighted by molar-refractivity contribution is 6.02. The molecular weight excluding hydrogens is 320 g/mol. The summed E-state index contributed by atoms with van der Waals surface area (Å²) in [6.07, 6.45) is 4.01. The van der Waals surface area contributed by atoms with Crippen LogP contribution in [-0.4, -0.2) is 10.9 Å². The molecule has 0 saturated carbocycles. The van der Waals surface area contributed by atoms with Gasteiger partial charge >= 0.3 is 0 Å². The van der Waals surface area contributed by atoms with Gasteiger partial charge < -0.3 is 11.1 Å². The van der Waals surface area contributed by atoms with E-state index in [1.54, 1.807) is 6.20 Å². The van der Waals surface area contributed by atoms with E-state index in [1.807, 2.05) is 30.3 Å². The van der Waals surface area contributed by atoms with Crippen LogP contribution in [0.3, 0.4) is 0 Å². The van der Waals surface area contributed by atoms with Crippen molar-refractivity contribution in [2.24, 2.45) is 10.7 Å². The summed E-state index contributed by atoms with van der Waals surface area (Å²) >= 11 is 0. The van der Waals surface area contributed by atoms with Gasteiger partial charge in [-0.05, 0) is 59.7 Å². The zero-order chi connectivity index (χ0) is 17.5. The third-order valence-corrected chi connectivity index (χ3v) is 4.97. The third-order valence-electron chi connectivity index (χ3n) is 4.97. The number of aryl methyl sites for hydroxylation is 2. The van der Waals surface area contributed by atoms with Gasteiger partial charge in [-0.1, -0.05) is 30.3 Å². The van der Waals surface area contributed by atoms with Crippen molar-refractivity contribution in [3.63, 3.8) is 0 Å². The minimum absolute atomic E-state index is 0.381. The van der Waals surface area contributed by atoms with Crippen molar-refractivity contribution in [3.05, 3.63) is 78.0 Å². The van der Waals surface area contributed by atoms with Crippen LogP contribution < -0.4 is 11.1 Å². The SMILES string of the molecule is NC(=Nc1ccc2c3c(cccc13)CC2)Nc1ccc2ncccc2c1. The molecule has 1 aliphatic rings. The Balaban J connectivity index is 1.51. The van der Waals surface area contributed by atoms with E-state index in [1.165, 1.54) is 21.9 Å². The summed E-state index contributed by atoms with van der Waals surface area (Å²) in [5, 5.41) is 6.77. The van der Waals surface area contributed by atoms with Gasteiger partial charge in [0.15, 0.2) is 5.96 Å². The lowest BCUT2D eigenvalue weighted by Crippen LogP contribution is -2.21. The summed E-state index contributed by atoms with van der Waals surface area (Å²) in [4.78, 5) is 8.98. The molecule has 26 heavy (non-hydrogen) atoms. The number of anilines is 1. The number of nitrogens with zero attached hydrogens (tertiary/aromatic N) is 2. The highest BCUT2D eigenvalue weighted by atomic mass is 15.1. The molecule has 0 bridgehead atoms. The quantitative estimate of drug-likeness (QED) is 0.416. The fourth-order valence-corrected chi connectivity index (χ4v) is 3.79. The normalized spacial score (nSPS) is 13.5. The van der Waals surface area contributed by atoms with Crippen molar-refractivity contribution in [2.75, 3.05) is 5.32 Å². The summed E-state index contributed by atoms with van der Waals surface area (Å²) < 4.78 is 0. The lowest BCUT2D eigenvalue weighted by molar-refractivity contribution is 1.02. The summed E-state index contributed by atoms with van der Waals surface area (Å²) in [6, 6.07) is 20.6. The topological polar surface area (TPSA) is 63.3 Å². The number of nitrogens with two attached hydrogens (primary N) is 1. The van der Waals surface area contributed by atoms with Gasteiger partial charge in [0.25, 0.3) is 0 Å². The lowest BCUT2D eigenvalue weighted by Gasteiger charge is -2.09. The van der Waals surface area contributed by atoms with Crippen molar-refractivity contribution < 1.29 is 0 Å². The van der Waals surface area contributed by atoms with E-state index in [9.17, 15) is 0 Å². The van der Waals surface area contributed by atoms with E-state index >= 15 is 0 Å². The molecule has 0 radical (unpaired) electrons. The molecule has 0 amide bonds. The predicted octanol–water partition coefficient (Wildman–Crippen LogP) is 4.54. The first-order chi connectivity index (χ1) is 12.8. The van der Waals surface area contributed by atoms with Crippen molar-refractivity contribution in [3.8, 4) is 0 Å². The molecule has 0 fully saturated rings. The number of benzene rings is 3. The first-order valence-electron chi connectivity index (χ1n) is 8.77. The molecule has 0 unspecified atom stereocenters. The van der Waals surface area contributed by atoms with Crippen molar-refractivity contribution in [2.45, 2.75) is 12.8 Å². The molecule has 0 saturated heterocycles. The van der Waals surface area contributed by atoms with Crippen LogP contribution in [0.2, 0.25) is 0 Å². The number of fused-ring (bicyclic) bond motifs is 1. The fourth-order valence-electron chi connectivity index (χ4n) is 3.79. The number of nitrogens with one attached hydrogen (secondary N) is 1. The first-order valence-corrected chi connectivity index (χ1v) is 8.77. The summed E-state index contributed by atoms with van der Waals surface area (Å²) in [6.45, 7) is 0. The van der Waals surface area contributed by atoms with Gasteiger partial charge in [-0.3, -0.25) is 4.98 Å². The smallest absolute Gasteiger partial charge is 0.198 e. The average molecular weight is 338 g/mol. The molecule has 1 aromatic heterocycles. The van der Waals surface area contributed by atoms with Gasteiger partial charge in [0.05, 0.1) is 11.2 Å². The van der Waals surface area contributed by atoms with Crippen LogP contribution >= 0.6 is 0 Å². The van der Waals surface area contributed by atoms with Crippen LogP contribution in [0.4, 0.5) is 11.4 Å². The minimum atomic E-state index is 0.381. The van der Waals surface area contributed by atoms with Crippen molar-refractivity contribution >= 4 is 39.0 Å². The highest BCUT2D eigenvalue weighted by Crippen LogP contribution is 2.36. The van der Waals surface area contributed by atoms with Crippen LogP contribution in [0.5, 0.6) is 0 Å². The maximum Gasteiger partial charge on any atom is 0.198 e. The van der Waals surface area contributed by atoms with E-state index in [-0.39, 0.29) is 0 Å².